The van der Waals surface area contributed by atoms with Crippen LogP contribution in [0, 0.1) is 5.92 Å². The summed E-state index contributed by atoms with van der Waals surface area (Å²) in [6.07, 6.45) is 1.97. The average molecular weight is 327 g/mol. The normalized spacial score (nSPS) is 23.0. The highest BCUT2D eigenvalue weighted by atomic mass is 32.2. The van der Waals surface area contributed by atoms with E-state index in [4.69, 9.17) is 0 Å². The third-order valence-electron chi connectivity index (χ3n) is 3.76. The number of nitrogens with zero attached hydrogens (tertiary/aromatic N) is 1. The quantitative estimate of drug-likeness (QED) is 0.894. The van der Waals surface area contributed by atoms with E-state index < -0.39 is 0 Å². The van der Waals surface area contributed by atoms with E-state index in [1.54, 1.807) is 4.90 Å². The Kier molecular flexibility index (Phi) is 5.74. The van der Waals surface area contributed by atoms with Gasteiger partial charge in [-0.05, 0) is 35.8 Å². The summed E-state index contributed by atoms with van der Waals surface area (Å²) in [5.74, 6) is 0.690. The number of amides is 1. The first-order valence-electron chi connectivity index (χ1n) is 7.59. The molecule has 2 unspecified atom stereocenters. The molecule has 1 amide bonds. The number of carbonyl (C=O) groups excluding carboxylic acids is 1. The van der Waals surface area contributed by atoms with E-state index in [0.29, 0.717) is 17.2 Å². The molecule has 5 heteroatoms. The van der Waals surface area contributed by atoms with E-state index in [-0.39, 0.29) is 11.9 Å². The Labute approximate surface area is 136 Å². The Balaban J connectivity index is 2.15. The first kappa shape index (κ1) is 16.8. The van der Waals surface area contributed by atoms with Crippen molar-refractivity contribution in [2.75, 3.05) is 14.1 Å². The lowest BCUT2D eigenvalue weighted by atomic mass is 9.98. The Bertz CT molecular complexity index is 484. The van der Waals surface area contributed by atoms with E-state index >= 15 is 0 Å². The van der Waals surface area contributed by atoms with Gasteiger partial charge in [-0.3, -0.25) is 10.1 Å². The minimum absolute atomic E-state index is 0.0898. The van der Waals surface area contributed by atoms with Crippen LogP contribution in [0.5, 0.6) is 0 Å². The fourth-order valence-corrected chi connectivity index (χ4v) is 5.34. The third-order valence-corrected chi connectivity index (χ3v) is 6.10. The lowest BCUT2D eigenvalue weighted by Crippen LogP contribution is -2.46. The highest BCUT2D eigenvalue weighted by Gasteiger charge is 2.30. The van der Waals surface area contributed by atoms with E-state index in [0.717, 1.165) is 12.8 Å². The van der Waals surface area contributed by atoms with E-state index in [1.165, 1.54) is 9.77 Å². The molecule has 1 aliphatic rings. The van der Waals surface area contributed by atoms with Crippen LogP contribution in [-0.4, -0.2) is 36.2 Å². The van der Waals surface area contributed by atoms with E-state index in [9.17, 15) is 4.79 Å². The van der Waals surface area contributed by atoms with E-state index in [1.807, 2.05) is 37.2 Å². The SMILES string of the molecule is CC(C)CC(NC1C[C@H](C)Sc2sccc21)C(=O)N(C)C. The van der Waals surface area contributed by atoms with Crippen molar-refractivity contribution >= 4 is 29.0 Å². The standard InChI is InChI=1S/C16H26N2OS2/c1-10(2)8-14(15(19)18(4)5)17-13-9-11(3)21-16-12(13)6-7-20-16/h6-7,10-11,13-14,17H,8-9H2,1-5H3/t11-,13?,14?/m0/s1. The molecule has 118 valence electrons. The largest absolute Gasteiger partial charge is 0.347 e. The molecule has 0 fully saturated rings. The van der Waals surface area contributed by atoms with Gasteiger partial charge in [0.2, 0.25) is 5.91 Å². The molecular formula is C16H26N2OS2. The molecule has 0 saturated carbocycles. The number of hydrogen-bond donors (Lipinski definition) is 1. The molecule has 0 aromatic carbocycles. The molecule has 1 aromatic heterocycles. The summed E-state index contributed by atoms with van der Waals surface area (Å²) < 4.78 is 1.41. The Morgan fingerprint density at radius 2 is 2.19 bits per heavy atom. The molecule has 0 spiro atoms. The topological polar surface area (TPSA) is 32.3 Å². The van der Waals surface area contributed by atoms with Crippen LogP contribution in [0.2, 0.25) is 0 Å². The van der Waals surface area contributed by atoms with Gasteiger partial charge in [0.15, 0.2) is 0 Å². The number of nitrogens with one attached hydrogen (secondary N) is 1. The lowest BCUT2D eigenvalue weighted by molar-refractivity contribution is -0.131. The average Bonchev–Trinajstić information content (AvgIpc) is 2.84. The summed E-state index contributed by atoms with van der Waals surface area (Å²) in [6, 6.07) is 2.42. The fraction of sp³-hybridized carbons (Fsp3) is 0.688. The molecule has 1 N–H and O–H groups in total. The second-order valence-electron chi connectivity index (χ2n) is 6.46. The van der Waals surface area contributed by atoms with Crippen molar-refractivity contribution in [3.63, 3.8) is 0 Å². The zero-order chi connectivity index (χ0) is 15.6. The molecule has 1 aliphatic heterocycles. The van der Waals surface area contributed by atoms with Gasteiger partial charge in [0.05, 0.1) is 10.3 Å². The Morgan fingerprint density at radius 1 is 1.48 bits per heavy atom. The van der Waals surface area contributed by atoms with Gasteiger partial charge < -0.3 is 4.90 Å². The number of thioether (sulfide) groups is 1. The van der Waals surface area contributed by atoms with Crippen LogP contribution < -0.4 is 5.32 Å². The fourth-order valence-electron chi connectivity index (χ4n) is 2.77. The monoisotopic (exact) mass is 326 g/mol. The van der Waals surface area contributed by atoms with Gasteiger partial charge in [0, 0.05) is 25.4 Å². The Hall–Kier alpha value is -0.520. The first-order valence-corrected chi connectivity index (χ1v) is 9.35. The maximum absolute atomic E-state index is 12.4. The zero-order valence-corrected chi connectivity index (χ0v) is 15.2. The smallest absolute Gasteiger partial charge is 0.239 e. The molecule has 3 atom stereocenters. The highest BCUT2D eigenvalue weighted by Crippen LogP contribution is 2.44. The molecule has 2 heterocycles. The van der Waals surface area contributed by atoms with Crippen LogP contribution in [0.15, 0.2) is 15.7 Å². The lowest BCUT2D eigenvalue weighted by Gasteiger charge is -2.32. The molecule has 0 saturated heterocycles. The highest BCUT2D eigenvalue weighted by molar-refractivity contribution is 8.01. The van der Waals surface area contributed by atoms with Crippen molar-refractivity contribution in [2.45, 2.75) is 55.2 Å². The van der Waals surface area contributed by atoms with Crippen molar-refractivity contribution in [3.8, 4) is 0 Å². The van der Waals surface area contributed by atoms with Gasteiger partial charge in [-0.25, -0.2) is 0 Å². The summed E-state index contributed by atoms with van der Waals surface area (Å²) in [5, 5.41) is 6.41. The summed E-state index contributed by atoms with van der Waals surface area (Å²) in [5.41, 5.74) is 1.38. The van der Waals surface area contributed by atoms with Crippen molar-refractivity contribution < 1.29 is 4.79 Å². The minimum Gasteiger partial charge on any atom is -0.347 e. The summed E-state index contributed by atoms with van der Waals surface area (Å²) >= 11 is 3.78. The van der Waals surface area contributed by atoms with Crippen molar-refractivity contribution in [1.82, 2.24) is 10.2 Å². The van der Waals surface area contributed by atoms with Crippen molar-refractivity contribution in [1.29, 1.82) is 0 Å². The summed E-state index contributed by atoms with van der Waals surface area (Å²) in [7, 11) is 3.68. The minimum atomic E-state index is -0.0898. The van der Waals surface area contributed by atoms with Gasteiger partial charge in [-0.1, -0.05) is 20.8 Å². The molecular weight excluding hydrogens is 300 g/mol. The predicted octanol–water partition coefficient (Wildman–Crippen LogP) is 3.77. The molecule has 0 bridgehead atoms. The van der Waals surface area contributed by atoms with Crippen LogP contribution in [0.4, 0.5) is 0 Å². The summed E-state index contributed by atoms with van der Waals surface area (Å²) in [6.45, 7) is 6.62. The van der Waals surface area contributed by atoms with Crippen LogP contribution >= 0.6 is 23.1 Å². The molecule has 3 nitrogen and oxygen atoms in total. The van der Waals surface area contributed by atoms with Crippen molar-refractivity contribution in [2.24, 2.45) is 5.92 Å². The van der Waals surface area contributed by atoms with Gasteiger partial charge in [0.1, 0.15) is 0 Å². The van der Waals surface area contributed by atoms with Crippen molar-refractivity contribution in [3.05, 3.63) is 17.0 Å². The Morgan fingerprint density at radius 3 is 2.81 bits per heavy atom. The molecule has 2 rings (SSSR count). The van der Waals surface area contributed by atoms with Crippen LogP contribution in [0.25, 0.3) is 0 Å². The summed E-state index contributed by atoms with van der Waals surface area (Å²) in [4.78, 5) is 14.1. The number of hydrogen-bond acceptors (Lipinski definition) is 4. The zero-order valence-electron chi connectivity index (χ0n) is 13.6. The molecule has 1 aromatic rings. The maximum Gasteiger partial charge on any atom is 0.239 e. The van der Waals surface area contributed by atoms with Crippen LogP contribution in [0.1, 0.15) is 45.2 Å². The first-order chi connectivity index (χ1) is 9.88. The third kappa shape index (κ3) is 4.24. The predicted molar refractivity (Wildman–Crippen MR) is 92.1 cm³/mol. The number of rotatable bonds is 5. The maximum atomic E-state index is 12.4. The second-order valence-corrected chi connectivity index (χ2v) is 9.08. The van der Waals surface area contributed by atoms with E-state index in [2.05, 4.69) is 37.5 Å². The number of likely N-dealkylation sites (N-methyl/N-ethyl adjacent to an activating group) is 1. The van der Waals surface area contributed by atoms with Gasteiger partial charge in [-0.2, -0.15) is 0 Å². The number of fused-ring (bicyclic) bond motifs is 1. The molecule has 21 heavy (non-hydrogen) atoms. The second kappa shape index (κ2) is 7.16. The van der Waals surface area contributed by atoms with Gasteiger partial charge in [-0.15, -0.1) is 23.1 Å². The molecule has 0 radical (unpaired) electrons. The van der Waals surface area contributed by atoms with Crippen LogP contribution in [-0.2, 0) is 4.79 Å². The molecule has 0 aliphatic carbocycles. The number of carbonyl (C=O) groups is 1. The van der Waals surface area contributed by atoms with Crippen LogP contribution in [0.3, 0.4) is 0 Å². The number of thiophene rings is 1. The van der Waals surface area contributed by atoms with Gasteiger partial charge in [0.25, 0.3) is 0 Å². The van der Waals surface area contributed by atoms with Gasteiger partial charge >= 0.3 is 0 Å².